The number of carbonyl (C=O) groups excluding carboxylic acids is 1. The zero-order chi connectivity index (χ0) is 12.0. The number of aliphatic carboxylic acids is 1. The van der Waals surface area contributed by atoms with Crippen LogP contribution in [0.4, 0.5) is 0 Å². The minimum atomic E-state index is -0.848. The number of hydrogen-bond acceptors (Lipinski definition) is 4. The molecule has 1 heterocycles. The highest BCUT2D eigenvalue weighted by molar-refractivity contribution is 5.78. The first-order valence-corrected chi connectivity index (χ1v) is 5.48. The molecule has 0 atom stereocenters. The van der Waals surface area contributed by atoms with Gasteiger partial charge in [-0.25, -0.2) is 0 Å². The number of carbonyl (C=O) groups is 2. The van der Waals surface area contributed by atoms with Crippen LogP contribution < -0.4 is 5.32 Å². The van der Waals surface area contributed by atoms with E-state index in [2.05, 4.69) is 10.2 Å². The third kappa shape index (κ3) is 4.59. The molecule has 0 aromatic rings. The molecule has 0 aromatic carbocycles. The van der Waals surface area contributed by atoms with Crippen molar-refractivity contribution >= 4 is 11.9 Å². The molecule has 1 fully saturated rings. The Balaban J connectivity index is 2.12. The molecular formula is C10H19N3O3. The molecule has 0 saturated carbocycles. The van der Waals surface area contributed by atoms with E-state index >= 15 is 0 Å². The van der Waals surface area contributed by atoms with E-state index in [0.717, 1.165) is 26.2 Å². The van der Waals surface area contributed by atoms with Gasteiger partial charge in [0.1, 0.15) is 0 Å². The fourth-order valence-corrected chi connectivity index (χ4v) is 1.56. The van der Waals surface area contributed by atoms with Crippen LogP contribution in [0.15, 0.2) is 0 Å². The van der Waals surface area contributed by atoms with Gasteiger partial charge < -0.3 is 20.2 Å². The second kappa shape index (κ2) is 6.44. The Morgan fingerprint density at radius 3 is 2.44 bits per heavy atom. The molecule has 92 valence electrons. The van der Waals surface area contributed by atoms with E-state index in [1.807, 2.05) is 11.9 Å². The van der Waals surface area contributed by atoms with Crippen molar-refractivity contribution in [2.24, 2.45) is 0 Å². The molecule has 1 amide bonds. The van der Waals surface area contributed by atoms with Gasteiger partial charge in [0.05, 0.1) is 13.0 Å². The molecule has 6 nitrogen and oxygen atoms in total. The zero-order valence-electron chi connectivity index (χ0n) is 9.61. The monoisotopic (exact) mass is 229 g/mol. The minimum absolute atomic E-state index is 0.0516. The van der Waals surface area contributed by atoms with E-state index in [9.17, 15) is 9.59 Å². The number of carboxylic acids is 1. The lowest BCUT2D eigenvalue weighted by Gasteiger charge is -2.32. The van der Waals surface area contributed by atoms with Crippen LogP contribution >= 0.6 is 0 Å². The fourth-order valence-electron chi connectivity index (χ4n) is 1.56. The Morgan fingerprint density at radius 2 is 1.88 bits per heavy atom. The maximum absolute atomic E-state index is 11.6. The van der Waals surface area contributed by atoms with Crippen LogP contribution in [0.2, 0.25) is 0 Å². The van der Waals surface area contributed by atoms with Crippen molar-refractivity contribution in [2.75, 3.05) is 46.3 Å². The first-order valence-electron chi connectivity index (χ1n) is 5.48. The summed E-state index contributed by atoms with van der Waals surface area (Å²) in [7, 11) is 2.03. The number of amides is 1. The molecule has 0 radical (unpaired) electrons. The molecule has 0 aliphatic carbocycles. The Hall–Kier alpha value is -1.14. The molecular weight excluding hydrogens is 210 g/mol. The minimum Gasteiger partial charge on any atom is -0.481 e. The summed E-state index contributed by atoms with van der Waals surface area (Å²) in [4.78, 5) is 25.9. The van der Waals surface area contributed by atoms with Crippen molar-refractivity contribution in [3.63, 3.8) is 0 Å². The lowest BCUT2D eigenvalue weighted by atomic mass is 10.3. The SMILES string of the molecule is CN1CCN(C(=O)CNCCC(=O)O)CC1. The summed E-state index contributed by atoms with van der Waals surface area (Å²) in [6.07, 6.45) is 0.0516. The molecule has 1 aliphatic rings. The maximum Gasteiger partial charge on any atom is 0.304 e. The van der Waals surface area contributed by atoms with E-state index in [0.29, 0.717) is 6.54 Å². The lowest BCUT2D eigenvalue weighted by molar-refractivity contribution is -0.137. The molecule has 1 saturated heterocycles. The van der Waals surface area contributed by atoms with Gasteiger partial charge in [0.25, 0.3) is 0 Å². The Labute approximate surface area is 95.2 Å². The summed E-state index contributed by atoms with van der Waals surface area (Å²) in [5.74, 6) is -0.793. The largest absolute Gasteiger partial charge is 0.481 e. The Kier molecular flexibility index (Phi) is 5.21. The van der Waals surface area contributed by atoms with Gasteiger partial charge in [-0.1, -0.05) is 0 Å². The number of piperazine rings is 1. The van der Waals surface area contributed by atoms with Gasteiger partial charge in [-0.2, -0.15) is 0 Å². The second-order valence-electron chi connectivity index (χ2n) is 4.00. The van der Waals surface area contributed by atoms with Crippen LogP contribution in [-0.2, 0) is 9.59 Å². The smallest absolute Gasteiger partial charge is 0.304 e. The van der Waals surface area contributed by atoms with Crippen LogP contribution in [0, 0.1) is 0 Å². The summed E-state index contributed by atoms with van der Waals surface area (Å²) in [5, 5.41) is 11.3. The average Bonchev–Trinajstić information content (AvgIpc) is 2.25. The molecule has 0 bridgehead atoms. The van der Waals surface area contributed by atoms with Gasteiger partial charge in [0.15, 0.2) is 0 Å². The molecule has 6 heteroatoms. The maximum atomic E-state index is 11.6. The third-order valence-corrected chi connectivity index (χ3v) is 2.65. The third-order valence-electron chi connectivity index (χ3n) is 2.65. The molecule has 0 aromatic heterocycles. The zero-order valence-corrected chi connectivity index (χ0v) is 9.61. The quantitative estimate of drug-likeness (QED) is 0.581. The lowest BCUT2D eigenvalue weighted by Crippen LogP contribution is -2.49. The number of rotatable bonds is 5. The molecule has 1 aliphatic heterocycles. The summed E-state index contributed by atoms with van der Waals surface area (Å²) >= 11 is 0. The van der Waals surface area contributed by atoms with E-state index in [-0.39, 0.29) is 18.9 Å². The van der Waals surface area contributed by atoms with Crippen molar-refractivity contribution in [2.45, 2.75) is 6.42 Å². The molecule has 2 N–H and O–H groups in total. The van der Waals surface area contributed by atoms with E-state index in [1.54, 1.807) is 0 Å². The number of nitrogens with zero attached hydrogens (tertiary/aromatic N) is 2. The van der Waals surface area contributed by atoms with Crippen LogP contribution in [0.3, 0.4) is 0 Å². The highest BCUT2D eigenvalue weighted by Gasteiger charge is 2.18. The van der Waals surface area contributed by atoms with Crippen molar-refractivity contribution < 1.29 is 14.7 Å². The van der Waals surface area contributed by atoms with Crippen molar-refractivity contribution in [3.05, 3.63) is 0 Å². The molecule has 0 spiro atoms. The summed E-state index contributed by atoms with van der Waals surface area (Å²) in [6.45, 7) is 3.90. The van der Waals surface area contributed by atoms with Gasteiger partial charge in [-0.05, 0) is 7.05 Å². The normalized spacial score (nSPS) is 17.4. The van der Waals surface area contributed by atoms with Crippen LogP contribution in [0.1, 0.15) is 6.42 Å². The van der Waals surface area contributed by atoms with Gasteiger partial charge in [-0.3, -0.25) is 9.59 Å². The van der Waals surface area contributed by atoms with E-state index < -0.39 is 5.97 Å². The number of carboxylic acid groups (broad SMARTS) is 1. The molecule has 1 rings (SSSR count). The number of hydrogen-bond donors (Lipinski definition) is 2. The van der Waals surface area contributed by atoms with Crippen molar-refractivity contribution in [1.29, 1.82) is 0 Å². The first kappa shape index (κ1) is 12.9. The van der Waals surface area contributed by atoms with E-state index in [4.69, 9.17) is 5.11 Å². The van der Waals surface area contributed by atoms with Gasteiger partial charge in [-0.15, -0.1) is 0 Å². The van der Waals surface area contributed by atoms with Crippen LogP contribution in [0.5, 0.6) is 0 Å². The average molecular weight is 229 g/mol. The Bertz CT molecular complexity index is 250. The van der Waals surface area contributed by atoms with Crippen LogP contribution in [0.25, 0.3) is 0 Å². The van der Waals surface area contributed by atoms with Gasteiger partial charge >= 0.3 is 5.97 Å². The number of nitrogens with one attached hydrogen (secondary N) is 1. The molecule has 16 heavy (non-hydrogen) atoms. The summed E-state index contributed by atoms with van der Waals surface area (Å²) in [6, 6.07) is 0. The fraction of sp³-hybridized carbons (Fsp3) is 0.800. The van der Waals surface area contributed by atoms with Crippen molar-refractivity contribution in [3.8, 4) is 0 Å². The standard InChI is InChI=1S/C10H19N3O3/c1-12-4-6-13(7-5-12)9(14)8-11-3-2-10(15)16/h11H,2-8H2,1H3,(H,15,16). The molecule has 0 unspecified atom stereocenters. The predicted octanol–water partition coefficient (Wildman–Crippen LogP) is -1.18. The van der Waals surface area contributed by atoms with Crippen LogP contribution in [-0.4, -0.2) is 73.1 Å². The highest BCUT2D eigenvalue weighted by Crippen LogP contribution is 1.98. The van der Waals surface area contributed by atoms with Gasteiger partial charge in [0, 0.05) is 32.7 Å². The predicted molar refractivity (Wildman–Crippen MR) is 59.2 cm³/mol. The Morgan fingerprint density at radius 1 is 1.25 bits per heavy atom. The second-order valence-corrected chi connectivity index (χ2v) is 4.00. The van der Waals surface area contributed by atoms with Crippen molar-refractivity contribution in [1.82, 2.24) is 15.1 Å². The topological polar surface area (TPSA) is 72.9 Å². The number of likely N-dealkylation sites (N-methyl/N-ethyl adjacent to an activating group) is 1. The summed E-state index contributed by atoms with van der Waals surface area (Å²) < 4.78 is 0. The van der Waals surface area contributed by atoms with Gasteiger partial charge in [0.2, 0.25) is 5.91 Å². The highest BCUT2D eigenvalue weighted by atomic mass is 16.4. The van der Waals surface area contributed by atoms with E-state index in [1.165, 1.54) is 0 Å². The summed E-state index contributed by atoms with van der Waals surface area (Å²) in [5.41, 5.74) is 0. The first-order chi connectivity index (χ1) is 7.59.